The summed E-state index contributed by atoms with van der Waals surface area (Å²) in [5, 5.41) is 9.19. The Morgan fingerprint density at radius 1 is 0.600 bits per heavy atom. The predicted molar refractivity (Wildman–Crippen MR) is 121 cm³/mol. The summed E-state index contributed by atoms with van der Waals surface area (Å²) in [6.07, 6.45) is 0. The van der Waals surface area contributed by atoms with Crippen LogP contribution in [0.15, 0.2) is 72.8 Å². The first kappa shape index (κ1) is 19.6. The molecule has 0 aliphatic carbocycles. The van der Waals surface area contributed by atoms with E-state index in [0.29, 0.717) is 0 Å². The van der Waals surface area contributed by atoms with Crippen molar-refractivity contribution in [2.24, 2.45) is 0 Å². The van der Waals surface area contributed by atoms with E-state index in [0.717, 1.165) is 45.1 Å². The molecule has 0 aliphatic rings. The number of aryl methyl sites for hydroxylation is 2. The van der Waals surface area contributed by atoms with Gasteiger partial charge in [0, 0.05) is 16.7 Å². The number of benzene rings is 3. The van der Waals surface area contributed by atoms with E-state index in [-0.39, 0.29) is 0 Å². The zero-order valence-corrected chi connectivity index (χ0v) is 17.6. The minimum Gasteiger partial charge on any atom is -0.497 e. The van der Waals surface area contributed by atoms with Crippen LogP contribution >= 0.6 is 0 Å². The van der Waals surface area contributed by atoms with E-state index >= 15 is 0 Å². The molecule has 0 saturated carbocycles. The third-order valence-electron chi connectivity index (χ3n) is 5.23. The van der Waals surface area contributed by atoms with Gasteiger partial charge in [-0.05, 0) is 79.6 Å². The normalized spacial score (nSPS) is 10.7. The molecule has 4 rings (SSSR count). The van der Waals surface area contributed by atoms with E-state index in [2.05, 4.69) is 48.3 Å². The first-order valence-corrected chi connectivity index (χ1v) is 9.83. The lowest BCUT2D eigenvalue weighted by atomic mass is 9.94. The minimum absolute atomic E-state index is 0.815. The Balaban J connectivity index is 1.89. The molecule has 0 atom stereocenters. The van der Waals surface area contributed by atoms with Crippen molar-refractivity contribution in [3.8, 4) is 45.1 Å². The maximum atomic E-state index is 5.30. The van der Waals surface area contributed by atoms with E-state index in [1.165, 1.54) is 11.1 Å². The number of hydrogen-bond acceptors (Lipinski definition) is 4. The van der Waals surface area contributed by atoms with Crippen LogP contribution in [0.5, 0.6) is 11.5 Å². The van der Waals surface area contributed by atoms with Crippen molar-refractivity contribution in [3.63, 3.8) is 0 Å². The summed E-state index contributed by atoms with van der Waals surface area (Å²) in [4.78, 5) is 0. The summed E-state index contributed by atoms with van der Waals surface area (Å²) in [7, 11) is 3.33. The molecule has 0 amide bonds. The molecule has 0 N–H and O–H groups in total. The Hall–Kier alpha value is -3.66. The van der Waals surface area contributed by atoms with Crippen molar-refractivity contribution in [2.45, 2.75) is 13.8 Å². The summed E-state index contributed by atoms with van der Waals surface area (Å²) >= 11 is 0. The second kappa shape index (κ2) is 8.37. The second-order valence-corrected chi connectivity index (χ2v) is 7.27. The van der Waals surface area contributed by atoms with Crippen LogP contribution in [0.25, 0.3) is 33.6 Å². The molecule has 0 unspecified atom stereocenters. The van der Waals surface area contributed by atoms with Crippen LogP contribution in [0.1, 0.15) is 11.1 Å². The topological polar surface area (TPSA) is 44.2 Å². The number of rotatable bonds is 5. The van der Waals surface area contributed by atoms with Gasteiger partial charge in [0.2, 0.25) is 0 Å². The maximum Gasteiger partial charge on any atom is 0.118 e. The van der Waals surface area contributed by atoms with Crippen LogP contribution in [-0.4, -0.2) is 24.4 Å². The molecule has 3 aromatic carbocycles. The van der Waals surface area contributed by atoms with Gasteiger partial charge in [0.05, 0.1) is 19.9 Å². The third-order valence-corrected chi connectivity index (χ3v) is 5.23. The fourth-order valence-electron chi connectivity index (χ4n) is 3.49. The van der Waals surface area contributed by atoms with Crippen molar-refractivity contribution in [1.29, 1.82) is 0 Å². The quantitative estimate of drug-likeness (QED) is 0.408. The Labute approximate surface area is 177 Å². The van der Waals surface area contributed by atoms with Gasteiger partial charge in [-0.1, -0.05) is 23.8 Å². The molecule has 0 saturated heterocycles. The van der Waals surface area contributed by atoms with E-state index in [1.807, 2.05) is 48.5 Å². The summed E-state index contributed by atoms with van der Waals surface area (Å²) in [5.41, 5.74) is 8.29. The van der Waals surface area contributed by atoms with Gasteiger partial charge in [0.15, 0.2) is 0 Å². The van der Waals surface area contributed by atoms with Crippen LogP contribution in [0.4, 0.5) is 0 Å². The first-order chi connectivity index (χ1) is 14.6. The van der Waals surface area contributed by atoms with Gasteiger partial charge in [-0.2, -0.15) is 0 Å². The molecule has 30 heavy (non-hydrogen) atoms. The molecular weight excluding hydrogens is 372 g/mol. The molecule has 150 valence electrons. The van der Waals surface area contributed by atoms with E-state index in [4.69, 9.17) is 9.47 Å². The van der Waals surface area contributed by atoms with Crippen LogP contribution in [-0.2, 0) is 0 Å². The highest BCUT2D eigenvalue weighted by Gasteiger charge is 2.15. The fourth-order valence-corrected chi connectivity index (χ4v) is 3.49. The highest BCUT2D eigenvalue weighted by molar-refractivity contribution is 5.84. The molecule has 0 fully saturated rings. The smallest absolute Gasteiger partial charge is 0.118 e. The van der Waals surface area contributed by atoms with Crippen molar-refractivity contribution in [1.82, 2.24) is 10.2 Å². The molecule has 0 radical (unpaired) electrons. The summed E-state index contributed by atoms with van der Waals surface area (Å²) in [6, 6.07) is 24.4. The highest BCUT2D eigenvalue weighted by atomic mass is 16.5. The lowest BCUT2D eigenvalue weighted by Gasteiger charge is -2.14. The molecule has 0 spiro atoms. The maximum absolute atomic E-state index is 5.30. The Morgan fingerprint density at radius 3 is 1.80 bits per heavy atom. The van der Waals surface area contributed by atoms with Gasteiger partial charge >= 0.3 is 0 Å². The van der Waals surface area contributed by atoms with Gasteiger partial charge in [0.1, 0.15) is 17.2 Å². The standard InChI is InChI=1S/C26H24N2O2/c1-17-5-6-18(2)23(15-17)24-16-25(19-7-11-21(29-3)12-8-19)27-28-26(24)20-9-13-22(30-4)14-10-20/h5-16H,1-4H3. The number of hydrogen-bond donors (Lipinski definition) is 0. The average Bonchev–Trinajstić information content (AvgIpc) is 2.80. The van der Waals surface area contributed by atoms with E-state index in [1.54, 1.807) is 14.2 Å². The molecule has 0 aliphatic heterocycles. The molecule has 0 bridgehead atoms. The monoisotopic (exact) mass is 396 g/mol. The molecule has 4 nitrogen and oxygen atoms in total. The molecule has 4 aromatic rings. The van der Waals surface area contributed by atoms with Crippen LogP contribution in [0.3, 0.4) is 0 Å². The average molecular weight is 396 g/mol. The summed E-state index contributed by atoms with van der Waals surface area (Å²) < 4.78 is 10.6. The first-order valence-electron chi connectivity index (χ1n) is 9.83. The number of ether oxygens (including phenoxy) is 2. The number of aromatic nitrogens is 2. The summed E-state index contributed by atoms with van der Waals surface area (Å²) in [6.45, 7) is 4.23. The number of nitrogens with zero attached hydrogens (tertiary/aromatic N) is 2. The molecule has 1 aromatic heterocycles. The van der Waals surface area contributed by atoms with Crippen LogP contribution < -0.4 is 9.47 Å². The van der Waals surface area contributed by atoms with Gasteiger partial charge in [-0.25, -0.2) is 0 Å². The zero-order valence-electron chi connectivity index (χ0n) is 17.6. The van der Waals surface area contributed by atoms with Gasteiger partial charge in [0.25, 0.3) is 0 Å². The van der Waals surface area contributed by atoms with Crippen molar-refractivity contribution < 1.29 is 9.47 Å². The molecule has 1 heterocycles. The largest absolute Gasteiger partial charge is 0.497 e. The zero-order chi connectivity index (χ0) is 21.1. The third kappa shape index (κ3) is 3.90. The van der Waals surface area contributed by atoms with Crippen molar-refractivity contribution in [2.75, 3.05) is 14.2 Å². The SMILES string of the molecule is COc1ccc(-c2cc(-c3cc(C)ccc3C)c(-c3ccc(OC)cc3)nn2)cc1. The number of methoxy groups -OCH3 is 2. The van der Waals surface area contributed by atoms with Crippen molar-refractivity contribution in [3.05, 3.63) is 83.9 Å². The van der Waals surface area contributed by atoms with Crippen LogP contribution in [0, 0.1) is 13.8 Å². The molecular formula is C26H24N2O2. The van der Waals surface area contributed by atoms with Gasteiger partial charge < -0.3 is 9.47 Å². The Kier molecular flexibility index (Phi) is 5.48. The van der Waals surface area contributed by atoms with E-state index in [9.17, 15) is 0 Å². The minimum atomic E-state index is 0.815. The predicted octanol–water partition coefficient (Wildman–Crippen LogP) is 6.11. The second-order valence-electron chi connectivity index (χ2n) is 7.27. The van der Waals surface area contributed by atoms with E-state index < -0.39 is 0 Å². The fraction of sp³-hybridized carbons (Fsp3) is 0.154. The lowest BCUT2D eigenvalue weighted by Crippen LogP contribution is -1.97. The lowest BCUT2D eigenvalue weighted by molar-refractivity contribution is 0.414. The highest BCUT2D eigenvalue weighted by Crippen LogP contribution is 2.35. The Bertz CT molecular complexity index is 1170. The molecule has 4 heteroatoms. The van der Waals surface area contributed by atoms with Crippen molar-refractivity contribution >= 4 is 0 Å². The van der Waals surface area contributed by atoms with Gasteiger partial charge in [-0.15, -0.1) is 10.2 Å². The summed E-state index contributed by atoms with van der Waals surface area (Å²) in [5.74, 6) is 1.63. The Morgan fingerprint density at radius 2 is 1.20 bits per heavy atom. The van der Waals surface area contributed by atoms with Gasteiger partial charge in [-0.3, -0.25) is 0 Å². The van der Waals surface area contributed by atoms with Crippen LogP contribution in [0.2, 0.25) is 0 Å².